The van der Waals surface area contributed by atoms with Gasteiger partial charge in [0.15, 0.2) is 0 Å². The Labute approximate surface area is 675 Å². The van der Waals surface area contributed by atoms with Crippen LogP contribution in [0.5, 0.6) is 0 Å². The average molecular weight is 1590 g/mol. The number of halogens is 12. The van der Waals surface area contributed by atoms with Gasteiger partial charge in [-0.25, -0.2) is 0 Å². The van der Waals surface area contributed by atoms with Crippen LogP contribution in [0.4, 0.5) is 52.7 Å². The number of fused-ring (bicyclic) bond motifs is 12. The van der Waals surface area contributed by atoms with Gasteiger partial charge >= 0.3 is 24.7 Å². The summed E-state index contributed by atoms with van der Waals surface area (Å²) in [4.78, 5) is 0. The summed E-state index contributed by atoms with van der Waals surface area (Å²) in [6.07, 6.45) is -21.0. The first-order chi connectivity index (χ1) is 57.9. The van der Waals surface area contributed by atoms with Crippen LogP contribution in [0.3, 0.4) is 0 Å². The van der Waals surface area contributed by atoms with Crippen molar-refractivity contribution in [2.24, 2.45) is 0 Å². The van der Waals surface area contributed by atoms with Crippen molar-refractivity contribution in [2.45, 2.75) is 24.7 Å². The zero-order valence-electron chi connectivity index (χ0n) is 62.6. The van der Waals surface area contributed by atoms with Crippen molar-refractivity contribution in [3.63, 3.8) is 0 Å². The van der Waals surface area contributed by atoms with Crippen LogP contribution in [0.25, 0.3) is 188 Å². The monoisotopic (exact) mass is 1590 g/mol. The van der Waals surface area contributed by atoms with E-state index in [0.29, 0.717) is 113 Å². The molecule has 4 heterocycles. The van der Waals surface area contributed by atoms with Gasteiger partial charge < -0.3 is 18.3 Å². The normalized spacial score (nSPS) is 12.3. The summed E-state index contributed by atoms with van der Waals surface area (Å²) in [5, 5.41) is 29.0. The molecule has 0 saturated carbocycles. The minimum absolute atomic E-state index is 0.0626. The number of alkyl halides is 12. The van der Waals surface area contributed by atoms with Crippen molar-refractivity contribution in [3.05, 3.63) is 373 Å². The molecule has 4 aromatic heterocycles. The summed E-state index contributed by atoms with van der Waals surface area (Å²) in [6, 6.07) is 102. The lowest BCUT2D eigenvalue weighted by molar-refractivity contribution is -0.144. The first-order valence-corrected chi connectivity index (χ1v) is 38.2. The molecule has 18 heteroatoms. The number of hydrogen-bond acceptors (Lipinski definition) is 2. The fraction of sp³-hybridized carbons (Fsp3) is 0.0392. The number of para-hydroxylation sites is 4. The summed E-state index contributed by atoms with van der Waals surface area (Å²) < 4.78 is 189. The minimum atomic E-state index is -5.24. The molecule has 0 aliphatic rings. The standard InChI is InChI=1S/C102H56F12N6/c103-99(104,105)69-41-65(42-70(49-69)100(106,107)108)78-53-97(117-88-34-18-14-30-74(88)84-45-63(38-40-91(84)117)59-21-5-1-6-22-59)95(47-67(78)57-115)120-89-35-19-15-31-75(89)85-51-80(61-25-9-3-10-26-61)83(56-94(85)120)82-52-86-76-32-16-20-36-90(76)119(93(86)55-81(82)62-27-11-4-12-28-62)96-48-68(58-116)79(66-43-71(101(109,110)111)50-72(44-66)102(112,113)114)54-98(96)118-87-33-17-13-29-73(87)77-39-37-64(46-92(77)118)60-23-7-2-8-24-60/h1-56H. The first kappa shape index (κ1) is 73.7. The van der Waals surface area contributed by atoms with Crippen LogP contribution in [-0.4, -0.2) is 18.3 Å². The zero-order chi connectivity index (χ0) is 82.4. The highest BCUT2D eigenvalue weighted by Crippen LogP contribution is 2.52. The van der Waals surface area contributed by atoms with Crippen LogP contribution in [0.15, 0.2) is 340 Å². The van der Waals surface area contributed by atoms with Gasteiger partial charge in [-0.3, -0.25) is 0 Å². The first-order valence-electron chi connectivity index (χ1n) is 38.2. The molecule has 120 heavy (non-hydrogen) atoms. The van der Waals surface area contributed by atoms with Gasteiger partial charge in [0, 0.05) is 54.2 Å². The van der Waals surface area contributed by atoms with Crippen LogP contribution < -0.4 is 0 Å². The van der Waals surface area contributed by atoms with Crippen LogP contribution in [-0.2, 0) is 24.7 Å². The van der Waals surface area contributed by atoms with E-state index in [1.54, 1.807) is 0 Å². The molecule has 0 unspecified atom stereocenters. The maximum atomic E-state index is 15.1. The van der Waals surface area contributed by atoms with Gasteiger partial charge in [-0.15, -0.1) is 0 Å². The maximum absolute atomic E-state index is 15.1. The number of benzene rings is 16. The number of nitrogens with zero attached hydrogens (tertiary/aromatic N) is 6. The Kier molecular flexibility index (Phi) is 17.1. The third kappa shape index (κ3) is 12.3. The Balaban J connectivity index is 0.901. The molecule has 20 aromatic rings. The number of aromatic nitrogens is 4. The quantitative estimate of drug-likeness (QED) is 0.121. The van der Waals surface area contributed by atoms with E-state index in [2.05, 4.69) is 30.3 Å². The van der Waals surface area contributed by atoms with Crippen molar-refractivity contribution in [3.8, 4) is 113 Å². The van der Waals surface area contributed by atoms with Crippen molar-refractivity contribution >= 4 is 87.2 Å². The molecule has 0 atom stereocenters. The van der Waals surface area contributed by atoms with E-state index < -0.39 is 58.1 Å². The van der Waals surface area contributed by atoms with Crippen LogP contribution in [0.2, 0.25) is 0 Å². The van der Waals surface area contributed by atoms with Crippen molar-refractivity contribution in [1.82, 2.24) is 18.3 Å². The SMILES string of the molecule is N#Cc1cc(-n2c3ccccc3c3cc(-c4ccccc4)c(-c4cc5c6ccccc6n(-c6cc(C#N)c(-c7cc(C(F)(F)F)cc(C(F)(F)F)c7)cc6-n6c7ccccc7c7ccc(-c8ccccc8)cc76)c5cc4-c4ccccc4)cc32)c(-n2c3ccccc3c3cc(-c4ccccc4)ccc32)cc1-c1cc(C(F)(F)F)cc(C(F)(F)F)c1. The topological polar surface area (TPSA) is 67.3 Å². The maximum Gasteiger partial charge on any atom is 0.416 e. The Morgan fingerprint density at radius 2 is 0.458 bits per heavy atom. The molecule has 0 N–H and O–H groups in total. The van der Waals surface area contributed by atoms with Crippen molar-refractivity contribution in [1.29, 1.82) is 10.5 Å². The Hall–Kier alpha value is -15.1. The third-order valence-corrected chi connectivity index (χ3v) is 22.9. The molecule has 0 spiro atoms. The lowest BCUT2D eigenvalue weighted by atomic mass is 9.87. The molecule has 0 bridgehead atoms. The molecular weight excluding hydrogens is 1540 g/mol. The molecule has 16 aromatic carbocycles. The van der Waals surface area contributed by atoms with Gasteiger partial charge in [0.1, 0.15) is 0 Å². The predicted octanol–water partition coefficient (Wildman–Crippen LogP) is 29.6. The van der Waals surface area contributed by atoms with Gasteiger partial charge in [-0.05, 0) is 194 Å². The number of rotatable bonds is 11. The molecule has 20 rings (SSSR count). The van der Waals surface area contributed by atoms with E-state index in [1.165, 1.54) is 24.3 Å². The van der Waals surface area contributed by atoms with E-state index in [9.17, 15) is 10.5 Å². The van der Waals surface area contributed by atoms with Crippen LogP contribution in [0, 0.1) is 22.7 Å². The lowest BCUT2D eigenvalue weighted by Gasteiger charge is -2.22. The molecular formula is C102H56F12N6. The van der Waals surface area contributed by atoms with Gasteiger partial charge in [-0.2, -0.15) is 63.2 Å². The smallest absolute Gasteiger partial charge is 0.307 e. The van der Waals surface area contributed by atoms with Crippen LogP contribution in [0.1, 0.15) is 33.4 Å². The second-order valence-electron chi connectivity index (χ2n) is 29.8. The van der Waals surface area contributed by atoms with Crippen molar-refractivity contribution < 1.29 is 52.7 Å². The fourth-order valence-corrected chi connectivity index (χ4v) is 17.5. The molecule has 6 nitrogen and oxygen atoms in total. The molecule has 578 valence electrons. The second-order valence-corrected chi connectivity index (χ2v) is 29.8. The van der Waals surface area contributed by atoms with Crippen LogP contribution >= 0.6 is 0 Å². The van der Waals surface area contributed by atoms with E-state index in [-0.39, 0.29) is 45.8 Å². The van der Waals surface area contributed by atoms with E-state index in [4.69, 9.17) is 0 Å². The third-order valence-electron chi connectivity index (χ3n) is 22.9. The number of nitriles is 2. The van der Waals surface area contributed by atoms with Gasteiger partial charge in [0.25, 0.3) is 0 Å². The summed E-state index contributed by atoms with van der Waals surface area (Å²) in [5.41, 5.74) is 5.60. The molecule has 0 amide bonds. The summed E-state index contributed by atoms with van der Waals surface area (Å²) in [5.74, 6) is 0. The summed E-state index contributed by atoms with van der Waals surface area (Å²) >= 11 is 0. The van der Waals surface area contributed by atoms with Crippen molar-refractivity contribution in [2.75, 3.05) is 0 Å². The molecule has 0 saturated heterocycles. The Morgan fingerprint density at radius 3 is 0.850 bits per heavy atom. The second kappa shape index (κ2) is 27.8. The van der Waals surface area contributed by atoms with E-state index in [1.807, 2.05) is 279 Å². The Morgan fingerprint density at radius 1 is 0.183 bits per heavy atom. The molecule has 0 fully saturated rings. The average Bonchev–Trinajstić information content (AvgIpc) is 1.54. The largest absolute Gasteiger partial charge is 0.416 e. The van der Waals surface area contributed by atoms with E-state index in [0.717, 1.165) is 65.9 Å². The highest BCUT2D eigenvalue weighted by molar-refractivity contribution is 6.18. The Bertz CT molecular complexity index is 7660. The van der Waals surface area contributed by atoms with Gasteiger partial charge in [-0.1, -0.05) is 212 Å². The predicted molar refractivity (Wildman–Crippen MR) is 451 cm³/mol. The van der Waals surface area contributed by atoms with Gasteiger partial charge in [0.2, 0.25) is 0 Å². The van der Waals surface area contributed by atoms with Gasteiger partial charge in [0.05, 0.1) is 112 Å². The number of hydrogen-bond donors (Lipinski definition) is 0. The molecule has 0 aliphatic heterocycles. The summed E-state index contributed by atoms with van der Waals surface area (Å²) in [7, 11) is 0. The van der Waals surface area contributed by atoms with E-state index >= 15 is 52.7 Å². The zero-order valence-corrected chi connectivity index (χ0v) is 62.6. The fourth-order valence-electron chi connectivity index (χ4n) is 17.5. The molecule has 0 aliphatic carbocycles. The summed E-state index contributed by atoms with van der Waals surface area (Å²) in [6.45, 7) is 0. The highest BCUT2D eigenvalue weighted by Gasteiger charge is 2.40. The minimum Gasteiger partial charge on any atom is -0.307 e. The lowest BCUT2D eigenvalue weighted by Crippen LogP contribution is -2.11. The molecule has 0 radical (unpaired) electrons. The highest BCUT2D eigenvalue weighted by atomic mass is 19.4.